The van der Waals surface area contributed by atoms with Gasteiger partial charge in [0.15, 0.2) is 0 Å². The van der Waals surface area contributed by atoms with Crippen LogP contribution in [-0.2, 0) is 16.8 Å². The Morgan fingerprint density at radius 2 is 1.80 bits per heavy atom. The van der Waals surface area contributed by atoms with Crippen molar-refractivity contribution < 1.29 is 9.90 Å². The maximum absolute atomic E-state index is 12.0. The van der Waals surface area contributed by atoms with Crippen molar-refractivity contribution in [2.24, 2.45) is 5.92 Å². The molecule has 0 aliphatic heterocycles. The summed E-state index contributed by atoms with van der Waals surface area (Å²) in [6.07, 6.45) is 0.565. The van der Waals surface area contributed by atoms with Crippen molar-refractivity contribution in [3.05, 3.63) is 35.4 Å². The Kier molecular flexibility index (Phi) is 5.75. The summed E-state index contributed by atoms with van der Waals surface area (Å²) >= 11 is 0. The second kappa shape index (κ2) is 6.89. The fourth-order valence-electron chi connectivity index (χ4n) is 2.05. The Bertz CT molecular complexity index is 435. The molecule has 0 aliphatic rings. The summed E-state index contributed by atoms with van der Waals surface area (Å²) in [6.45, 7) is 9.90. The van der Waals surface area contributed by atoms with Crippen LogP contribution in [0.3, 0.4) is 0 Å². The lowest BCUT2D eigenvalue weighted by atomic mass is 9.92. The maximum Gasteiger partial charge on any atom is 0.223 e. The summed E-state index contributed by atoms with van der Waals surface area (Å²) in [6, 6.07) is 8.29. The van der Waals surface area contributed by atoms with Gasteiger partial charge in [-0.2, -0.15) is 0 Å². The number of rotatable bonds is 6. The highest BCUT2D eigenvalue weighted by molar-refractivity contribution is 5.77. The molecule has 2 N–H and O–H groups in total. The van der Waals surface area contributed by atoms with Gasteiger partial charge in [0.1, 0.15) is 0 Å². The first-order valence-electron chi connectivity index (χ1n) is 7.34. The Morgan fingerprint density at radius 3 is 2.25 bits per heavy atom. The molecule has 0 aromatic heterocycles. The minimum absolute atomic E-state index is 0.0905. The summed E-state index contributed by atoms with van der Waals surface area (Å²) in [7, 11) is 0. The first kappa shape index (κ1) is 16.7. The number of aliphatic hydroxyl groups is 1. The number of carbonyl (C=O) groups excluding carboxylic acids is 1. The highest BCUT2D eigenvalue weighted by Gasteiger charge is 2.24. The molecule has 1 rings (SSSR count). The lowest BCUT2D eigenvalue weighted by Gasteiger charge is -2.28. The second-order valence-corrected chi connectivity index (χ2v) is 6.24. The predicted octanol–water partition coefficient (Wildman–Crippen LogP) is 3.01. The van der Waals surface area contributed by atoms with Gasteiger partial charge in [-0.05, 0) is 37.3 Å². The van der Waals surface area contributed by atoms with Crippen molar-refractivity contribution in [1.29, 1.82) is 0 Å². The summed E-state index contributed by atoms with van der Waals surface area (Å²) in [5.74, 6) is -0.0246. The largest absolute Gasteiger partial charge is 0.392 e. The summed E-state index contributed by atoms with van der Waals surface area (Å²) < 4.78 is 0. The standard InChI is InChI=1S/C17H27NO2/c1-6-13-7-9-14(10-8-13)17(4,5)18-16(20)11-15(19)12(2)3/h7-10,12,15,19H,6,11H2,1-5H3,(H,18,20). The fourth-order valence-corrected chi connectivity index (χ4v) is 2.05. The Balaban J connectivity index is 2.70. The molecule has 20 heavy (non-hydrogen) atoms. The van der Waals surface area contributed by atoms with Gasteiger partial charge in [0.2, 0.25) is 5.91 Å². The molecule has 0 bridgehead atoms. The zero-order valence-corrected chi connectivity index (χ0v) is 13.2. The van der Waals surface area contributed by atoms with Crippen LogP contribution in [0.1, 0.15) is 52.2 Å². The highest BCUT2D eigenvalue weighted by Crippen LogP contribution is 2.21. The minimum atomic E-state index is -0.590. The van der Waals surface area contributed by atoms with Gasteiger partial charge >= 0.3 is 0 Å². The summed E-state index contributed by atoms with van der Waals surface area (Å²) in [4.78, 5) is 12.0. The molecule has 0 saturated carbocycles. The lowest BCUT2D eigenvalue weighted by molar-refractivity contribution is -0.125. The van der Waals surface area contributed by atoms with E-state index in [1.165, 1.54) is 5.56 Å². The lowest BCUT2D eigenvalue weighted by Crippen LogP contribution is -2.42. The van der Waals surface area contributed by atoms with Crippen LogP contribution >= 0.6 is 0 Å². The molecular weight excluding hydrogens is 250 g/mol. The third-order valence-electron chi connectivity index (χ3n) is 3.70. The van der Waals surface area contributed by atoms with Gasteiger partial charge in [0.05, 0.1) is 18.1 Å². The predicted molar refractivity (Wildman–Crippen MR) is 82.5 cm³/mol. The van der Waals surface area contributed by atoms with E-state index in [0.717, 1.165) is 12.0 Å². The SMILES string of the molecule is CCc1ccc(C(C)(C)NC(=O)CC(O)C(C)C)cc1. The van der Waals surface area contributed by atoms with E-state index in [1.54, 1.807) is 0 Å². The van der Waals surface area contributed by atoms with Crippen molar-refractivity contribution >= 4 is 5.91 Å². The Morgan fingerprint density at radius 1 is 1.25 bits per heavy atom. The maximum atomic E-state index is 12.0. The Labute approximate surface area is 122 Å². The van der Waals surface area contributed by atoms with Gasteiger partial charge in [-0.3, -0.25) is 4.79 Å². The van der Waals surface area contributed by atoms with Gasteiger partial charge < -0.3 is 10.4 Å². The number of hydrogen-bond acceptors (Lipinski definition) is 2. The van der Waals surface area contributed by atoms with Gasteiger partial charge in [-0.1, -0.05) is 45.0 Å². The van der Waals surface area contributed by atoms with Crippen LogP contribution < -0.4 is 5.32 Å². The summed E-state index contributed by atoms with van der Waals surface area (Å²) in [5, 5.41) is 12.8. The van der Waals surface area contributed by atoms with E-state index >= 15 is 0 Å². The van der Waals surface area contributed by atoms with Crippen molar-refractivity contribution in [1.82, 2.24) is 5.32 Å². The number of hydrogen-bond donors (Lipinski definition) is 2. The molecule has 0 spiro atoms. The minimum Gasteiger partial charge on any atom is -0.392 e. The number of benzene rings is 1. The van der Waals surface area contributed by atoms with Crippen molar-refractivity contribution in [2.45, 2.75) is 59.1 Å². The molecule has 0 fully saturated rings. The van der Waals surface area contributed by atoms with Crippen LogP contribution in [0.15, 0.2) is 24.3 Å². The summed E-state index contributed by atoms with van der Waals surface area (Å²) in [5.41, 5.74) is 1.92. The molecular formula is C17H27NO2. The van der Waals surface area contributed by atoms with Gasteiger partial charge in [-0.15, -0.1) is 0 Å². The number of aryl methyl sites for hydroxylation is 1. The zero-order chi connectivity index (χ0) is 15.3. The van der Waals surface area contributed by atoms with Crippen LogP contribution in [-0.4, -0.2) is 17.1 Å². The number of amides is 1. The van der Waals surface area contributed by atoms with E-state index in [9.17, 15) is 9.90 Å². The monoisotopic (exact) mass is 277 g/mol. The van der Waals surface area contributed by atoms with Crippen LogP contribution in [0.5, 0.6) is 0 Å². The molecule has 1 aromatic carbocycles. The van der Waals surface area contributed by atoms with Crippen LogP contribution in [0.25, 0.3) is 0 Å². The number of nitrogens with one attached hydrogen (secondary N) is 1. The van der Waals surface area contributed by atoms with Crippen LogP contribution in [0.4, 0.5) is 0 Å². The average molecular weight is 277 g/mol. The highest BCUT2D eigenvalue weighted by atomic mass is 16.3. The number of carbonyl (C=O) groups is 1. The van der Waals surface area contributed by atoms with E-state index in [1.807, 2.05) is 27.7 Å². The van der Waals surface area contributed by atoms with Gasteiger partial charge in [0.25, 0.3) is 0 Å². The molecule has 1 atom stereocenters. The van der Waals surface area contributed by atoms with Gasteiger partial charge in [-0.25, -0.2) is 0 Å². The molecule has 0 heterocycles. The molecule has 112 valence electrons. The fraction of sp³-hybridized carbons (Fsp3) is 0.588. The van der Waals surface area contributed by atoms with Crippen LogP contribution in [0.2, 0.25) is 0 Å². The first-order chi connectivity index (χ1) is 9.26. The average Bonchev–Trinajstić information content (AvgIpc) is 2.37. The van der Waals surface area contributed by atoms with E-state index < -0.39 is 11.6 Å². The molecule has 1 aromatic rings. The third kappa shape index (κ3) is 4.64. The van der Waals surface area contributed by atoms with E-state index in [0.29, 0.717) is 0 Å². The molecule has 0 saturated heterocycles. The van der Waals surface area contributed by atoms with Crippen molar-refractivity contribution in [3.8, 4) is 0 Å². The molecule has 0 radical (unpaired) electrons. The number of aliphatic hydroxyl groups excluding tert-OH is 1. The van der Waals surface area contributed by atoms with Gasteiger partial charge in [0, 0.05) is 0 Å². The second-order valence-electron chi connectivity index (χ2n) is 6.24. The smallest absolute Gasteiger partial charge is 0.223 e. The van der Waals surface area contributed by atoms with Crippen molar-refractivity contribution in [2.75, 3.05) is 0 Å². The van der Waals surface area contributed by atoms with E-state index in [2.05, 4.69) is 36.5 Å². The van der Waals surface area contributed by atoms with Crippen molar-refractivity contribution in [3.63, 3.8) is 0 Å². The third-order valence-corrected chi connectivity index (χ3v) is 3.70. The van der Waals surface area contributed by atoms with E-state index in [-0.39, 0.29) is 18.2 Å². The molecule has 3 heteroatoms. The molecule has 3 nitrogen and oxygen atoms in total. The topological polar surface area (TPSA) is 49.3 Å². The molecule has 1 unspecified atom stereocenters. The van der Waals surface area contributed by atoms with Crippen LogP contribution in [0, 0.1) is 5.92 Å². The first-order valence-corrected chi connectivity index (χ1v) is 7.34. The molecule has 0 aliphatic carbocycles. The quantitative estimate of drug-likeness (QED) is 0.839. The Hall–Kier alpha value is -1.35. The normalized spacial score (nSPS) is 13.3. The van der Waals surface area contributed by atoms with E-state index in [4.69, 9.17) is 0 Å². The molecule has 1 amide bonds. The zero-order valence-electron chi connectivity index (χ0n) is 13.2.